The minimum atomic E-state index is -0.538. The molecule has 2 aliphatic rings. The van der Waals surface area contributed by atoms with E-state index in [1.54, 1.807) is 17.0 Å². The minimum absolute atomic E-state index is 0.0292. The summed E-state index contributed by atoms with van der Waals surface area (Å²) in [5.74, 6) is -1.27. The molecule has 2 saturated heterocycles. The van der Waals surface area contributed by atoms with Crippen LogP contribution < -0.4 is 21.0 Å². The zero-order chi connectivity index (χ0) is 25.8. The van der Waals surface area contributed by atoms with Crippen molar-refractivity contribution in [2.24, 2.45) is 10.8 Å². The Kier molecular flexibility index (Phi) is 8.00. The molecule has 0 radical (unpaired) electrons. The highest BCUT2D eigenvalue weighted by Gasteiger charge is 2.29. The Balaban J connectivity index is 1.55. The zero-order valence-electron chi connectivity index (χ0n) is 20.5. The summed E-state index contributed by atoms with van der Waals surface area (Å²) in [4.78, 5) is 20.7. The van der Waals surface area contributed by atoms with Crippen LogP contribution in [-0.4, -0.2) is 86.4 Å². The minimum Gasteiger partial charge on any atom is -0.375 e. The van der Waals surface area contributed by atoms with Gasteiger partial charge in [-0.05, 0) is 57.0 Å². The lowest BCUT2D eigenvalue weighted by molar-refractivity contribution is 0.0742. The van der Waals surface area contributed by atoms with E-state index >= 15 is 4.39 Å². The molecule has 2 heterocycles. The summed E-state index contributed by atoms with van der Waals surface area (Å²) in [6.45, 7) is 3.26. The number of amides is 1. The average Bonchev–Trinajstić information content (AvgIpc) is 3.35. The fourth-order valence-corrected chi connectivity index (χ4v) is 4.74. The number of thiocarbonyl (C=S) groups is 1. The number of hydrogen-bond donors (Lipinski definition) is 2. The number of nitrogens with two attached hydrogens (primary N) is 1. The van der Waals surface area contributed by atoms with Gasteiger partial charge in [0.05, 0.1) is 17.5 Å². The first-order valence-electron chi connectivity index (χ1n) is 11.9. The lowest BCUT2D eigenvalue weighted by Gasteiger charge is -2.37. The first kappa shape index (κ1) is 25.8. The van der Waals surface area contributed by atoms with Gasteiger partial charge < -0.3 is 25.3 Å². The Hall–Kier alpha value is -3.31. The molecule has 1 atom stereocenters. The monoisotopic (exact) mass is 515 g/mol. The number of hydrazone groups is 1. The van der Waals surface area contributed by atoms with E-state index in [0.29, 0.717) is 43.5 Å². The quantitative estimate of drug-likeness (QED) is 0.347. The van der Waals surface area contributed by atoms with Crippen LogP contribution in [0.4, 0.5) is 20.2 Å². The van der Waals surface area contributed by atoms with Crippen molar-refractivity contribution < 1.29 is 13.6 Å². The SMILES string of the molecule is CN(C)C1CCN(c2cc(N3CCN(C(=O)c4ccccc4F)CC3)c(F)cc2C=NNC(N)=S)C1. The summed E-state index contributed by atoms with van der Waals surface area (Å²) < 4.78 is 29.4. The number of anilines is 2. The van der Waals surface area contributed by atoms with E-state index in [1.165, 1.54) is 24.4 Å². The maximum Gasteiger partial charge on any atom is 0.256 e. The molecule has 0 aromatic heterocycles. The number of nitrogens with one attached hydrogen (secondary N) is 1. The number of benzene rings is 2. The third kappa shape index (κ3) is 5.73. The van der Waals surface area contributed by atoms with Crippen LogP contribution in [-0.2, 0) is 0 Å². The number of halogens is 2. The van der Waals surface area contributed by atoms with E-state index in [9.17, 15) is 9.18 Å². The highest BCUT2D eigenvalue weighted by Crippen LogP contribution is 2.32. The number of hydrogen-bond acceptors (Lipinski definition) is 6. The van der Waals surface area contributed by atoms with E-state index < -0.39 is 5.82 Å². The molecule has 36 heavy (non-hydrogen) atoms. The molecule has 1 unspecified atom stereocenters. The summed E-state index contributed by atoms with van der Waals surface area (Å²) >= 11 is 4.80. The molecule has 11 heteroatoms. The second kappa shape index (κ2) is 11.2. The molecule has 192 valence electrons. The molecule has 2 fully saturated rings. The normalized spacial score (nSPS) is 18.4. The predicted molar refractivity (Wildman–Crippen MR) is 143 cm³/mol. The van der Waals surface area contributed by atoms with Gasteiger partial charge in [0.1, 0.15) is 11.6 Å². The van der Waals surface area contributed by atoms with Crippen molar-refractivity contribution in [3.8, 4) is 0 Å². The van der Waals surface area contributed by atoms with Gasteiger partial charge in [-0.1, -0.05) is 12.1 Å². The van der Waals surface area contributed by atoms with E-state index in [2.05, 4.69) is 34.4 Å². The topological polar surface area (TPSA) is 80.4 Å². The van der Waals surface area contributed by atoms with Crippen LogP contribution in [0.1, 0.15) is 22.3 Å². The highest BCUT2D eigenvalue weighted by atomic mass is 32.1. The van der Waals surface area contributed by atoms with Gasteiger partial charge in [-0.2, -0.15) is 5.10 Å². The lowest BCUT2D eigenvalue weighted by atomic mass is 10.1. The molecule has 0 aliphatic carbocycles. The van der Waals surface area contributed by atoms with Crippen LogP contribution in [0.2, 0.25) is 0 Å². The van der Waals surface area contributed by atoms with E-state index in [-0.39, 0.29) is 22.4 Å². The van der Waals surface area contributed by atoms with Crippen molar-refractivity contribution in [1.29, 1.82) is 0 Å². The molecular formula is C25H31F2N7OS. The maximum absolute atomic E-state index is 15.3. The zero-order valence-corrected chi connectivity index (χ0v) is 21.3. The van der Waals surface area contributed by atoms with Crippen LogP contribution >= 0.6 is 12.2 Å². The van der Waals surface area contributed by atoms with Crippen LogP contribution in [0.5, 0.6) is 0 Å². The van der Waals surface area contributed by atoms with Gasteiger partial charge in [0.2, 0.25) is 0 Å². The number of carbonyl (C=O) groups is 1. The molecule has 8 nitrogen and oxygen atoms in total. The van der Waals surface area contributed by atoms with E-state index in [1.807, 2.05) is 11.0 Å². The van der Waals surface area contributed by atoms with Gasteiger partial charge in [-0.15, -0.1) is 0 Å². The van der Waals surface area contributed by atoms with Crippen LogP contribution in [0.25, 0.3) is 0 Å². The molecule has 0 bridgehead atoms. The molecule has 0 spiro atoms. The van der Waals surface area contributed by atoms with Crippen molar-refractivity contribution in [3.05, 3.63) is 59.2 Å². The van der Waals surface area contributed by atoms with Gasteiger partial charge in [-0.3, -0.25) is 10.2 Å². The van der Waals surface area contributed by atoms with Crippen molar-refractivity contribution in [2.45, 2.75) is 12.5 Å². The molecular weight excluding hydrogens is 484 g/mol. The summed E-state index contributed by atoms with van der Waals surface area (Å²) in [7, 11) is 4.11. The summed E-state index contributed by atoms with van der Waals surface area (Å²) in [5, 5.41) is 4.07. The molecule has 1 amide bonds. The smallest absolute Gasteiger partial charge is 0.256 e. The standard InChI is InChI=1S/C25H31F2N7OS/c1-31(2)18-7-8-34(16-18)22-14-23(21(27)13-17(22)15-29-30-25(28)36)32-9-11-33(12-10-32)24(35)19-5-3-4-6-20(19)26/h3-6,13-15,18H,7-12,16H2,1-2H3,(H3,28,30,36). The predicted octanol–water partition coefficient (Wildman–Crippen LogP) is 2.23. The average molecular weight is 516 g/mol. The second-order valence-corrected chi connectivity index (χ2v) is 9.65. The lowest BCUT2D eigenvalue weighted by Crippen LogP contribution is -2.49. The van der Waals surface area contributed by atoms with Gasteiger partial charge in [0.15, 0.2) is 5.11 Å². The fourth-order valence-electron chi connectivity index (χ4n) is 4.69. The van der Waals surface area contributed by atoms with Gasteiger partial charge in [-0.25, -0.2) is 8.78 Å². The van der Waals surface area contributed by atoms with Gasteiger partial charge in [0, 0.05) is 56.6 Å². The van der Waals surface area contributed by atoms with Gasteiger partial charge in [0.25, 0.3) is 5.91 Å². The Bertz CT molecular complexity index is 1150. The van der Waals surface area contributed by atoms with Crippen LogP contribution in [0.15, 0.2) is 41.5 Å². The number of rotatable bonds is 6. The number of nitrogens with zero attached hydrogens (tertiary/aromatic N) is 5. The van der Waals surface area contributed by atoms with E-state index in [0.717, 1.165) is 25.2 Å². The van der Waals surface area contributed by atoms with Crippen LogP contribution in [0.3, 0.4) is 0 Å². The first-order valence-corrected chi connectivity index (χ1v) is 12.3. The molecule has 2 aromatic carbocycles. The molecule has 4 rings (SSSR count). The molecule has 0 saturated carbocycles. The third-order valence-corrected chi connectivity index (χ3v) is 6.81. The number of likely N-dealkylation sites (N-methyl/N-ethyl adjacent to an activating group) is 1. The molecule has 3 N–H and O–H groups in total. The van der Waals surface area contributed by atoms with Gasteiger partial charge >= 0.3 is 0 Å². The summed E-state index contributed by atoms with van der Waals surface area (Å²) in [5.41, 5.74) is 9.99. The summed E-state index contributed by atoms with van der Waals surface area (Å²) in [6.07, 6.45) is 2.52. The fraction of sp³-hybridized carbons (Fsp3) is 0.400. The Morgan fingerprint density at radius 2 is 1.81 bits per heavy atom. The highest BCUT2D eigenvalue weighted by molar-refractivity contribution is 7.80. The Labute approximate surface area is 215 Å². The number of piperazine rings is 1. The van der Waals surface area contributed by atoms with Crippen molar-refractivity contribution in [1.82, 2.24) is 15.2 Å². The van der Waals surface area contributed by atoms with Crippen LogP contribution in [0, 0.1) is 11.6 Å². The number of carbonyl (C=O) groups excluding carboxylic acids is 1. The summed E-state index contributed by atoms with van der Waals surface area (Å²) in [6, 6.07) is 9.68. The molecule has 2 aromatic rings. The van der Waals surface area contributed by atoms with Crippen molar-refractivity contribution >= 4 is 40.8 Å². The van der Waals surface area contributed by atoms with Crippen molar-refractivity contribution in [2.75, 3.05) is 63.2 Å². The van der Waals surface area contributed by atoms with Crippen molar-refractivity contribution in [3.63, 3.8) is 0 Å². The Morgan fingerprint density at radius 1 is 1.08 bits per heavy atom. The largest absolute Gasteiger partial charge is 0.375 e. The maximum atomic E-state index is 15.3. The first-order chi connectivity index (χ1) is 17.2. The second-order valence-electron chi connectivity index (χ2n) is 9.21. The third-order valence-electron chi connectivity index (χ3n) is 6.72. The Morgan fingerprint density at radius 3 is 2.44 bits per heavy atom. The molecule has 2 aliphatic heterocycles. The van der Waals surface area contributed by atoms with E-state index in [4.69, 9.17) is 18.0 Å².